The second-order valence-electron chi connectivity index (χ2n) is 14.1. The molecule has 6 rings (SSSR count). The summed E-state index contributed by atoms with van der Waals surface area (Å²) in [5.74, 6) is 2.96. The molecule has 0 N–H and O–H groups in total. The molecule has 1 fully saturated rings. The quantitative estimate of drug-likeness (QED) is 0.262. The van der Waals surface area contributed by atoms with E-state index < -0.39 is 0 Å². The van der Waals surface area contributed by atoms with Crippen molar-refractivity contribution in [1.82, 2.24) is 0 Å². The molecule has 6 atom stereocenters. The molecule has 2 nitrogen and oxygen atoms in total. The zero-order valence-electron chi connectivity index (χ0n) is 25.0. The lowest BCUT2D eigenvalue weighted by atomic mass is 9.46. The third-order valence-corrected chi connectivity index (χ3v) is 12.9. The lowest BCUT2D eigenvalue weighted by Crippen LogP contribution is -2.54. The Hall–Kier alpha value is -2.26. The van der Waals surface area contributed by atoms with Crippen molar-refractivity contribution in [2.75, 3.05) is 5.75 Å². The number of ether oxygens (including phenoxy) is 1. The fourth-order valence-electron chi connectivity index (χ4n) is 9.41. The fraction of sp³-hybridized carbons (Fsp3) is 0.541. The molecular weight excluding hydrogens is 508 g/mol. The molecule has 0 spiro atoms. The Kier molecular flexibility index (Phi) is 7.35. The number of fused-ring (bicyclic) bond motifs is 4. The first-order valence-electron chi connectivity index (χ1n) is 15.5. The minimum Gasteiger partial charge on any atom is -0.458 e. The van der Waals surface area contributed by atoms with Gasteiger partial charge in [0.2, 0.25) is 0 Å². The molecule has 0 aliphatic heterocycles. The smallest absolute Gasteiger partial charge is 0.338 e. The van der Waals surface area contributed by atoms with E-state index in [-0.39, 0.29) is 22.9 Å². The number of hydrogen-bond acceptors (Lipinski definition) is 3. The van der Waals surface area contributed by atoms with Gasteiger partial charge >= 0.3 is 5.97 Å². The van der Waals surface area contributed by atoms with Crippen molar-refractivity contribution < 1.29 is 9.53 Å². The molecule has 4 aliphatic rings. The van der Waals surface area contributed by atoms with Crippen LogP contribution in [0.5, 0.6) is 0 Å². The Balaban J connectivity index is 1.20. The fourth-order valence-corrected chi connectivity index (χ4v) is 10.4. The summed E-state index contributed by atoms with van der Waals surface area (Å²) in [6.45, 7) is 12.4. The Morgan fingerprint density at radius 1 is 0.925 bits per heavy atom. The molecule has 3 unspecified atom stereocenters. The first-order valence-corrected chi connectivity index (χ1v) is 16.5. The van der Waals surface area contributed by atoms with E-state index in [1.165, 1.54) is 42.8 Å². The van der Waals surface area contributed by atoms with Gasteiger partial charge in [-0.25, -0.2) is 4.79 Å². The van der Waals surface area contributed by atoms with Crippen molar-refractivity contribution in [2.24, 2.45) is 34.0 Å². The SMILES string of the molecule is CC(CSc1ccccc1)[C@H]1CC=C2C3=C(CC[C@@]21C)[C@@]1(C)CCC(OC(=O)c2ccccc2)C(C)(C)C1CC3. The van der Waals surface area contributed by atoms with Gasteiger partial charge in [-0.2, -0.15) is 0 Å². The molecule has 1 saturated carbocycles. The predicted molar refractivity (Wildman–Crippen MR) is 166 cm³/mol. The van der Waals surface area contributed by atoms with Crippen molar-refractivity contribution in [1.29, 1.82) is 0 Å². The van der Waals surface area contributed by atoms with Crippen LogP contribution in [0.4, 0.5) is 0 Å². The van der Waals surface area contributed by atoms with Crippen molar-refractivity contribution in [2.45, 2.75) is 90.6 Å². The van der Waals surface area contributed by atoms with Crippen molar-refractivity contribution in [3.8, 4) is 0 Å². The summed E-state index contributed by atoms with van der Waals surface area (Å²) in [5, 5.41) is 0. The third-order valence-electron chi connectivity index (χ3n) is 11.6. The molecule has 0 amide bonds. The number of rotatable bonds is 6. The van der Waals surface area contributed by atoms with Crippen LogP contribution >= 0.6 is 11.8 Å². The maximum absolute atomic E-state index is 13.0. The van der Waals surface area contributed by atoms with E-state index in [0.29, 0.717) is 22.8 Å². The van der Waals surface area contributed by atoms with Gasteiger partial charge in [-0.15, -0.1) is 11.8 Å². The van der Waals surface area contributed by atoms with Crippen LogP contribution < -0.4 is 0 Å². The highest BCUT2D eigenvalue weighted by atomic mass is 32.2. The maximum atomic E-state index is 13.0. The zero-order valence-corrected chi connectivity index (χ0v) is 25.9. The molecule has 212 valence electrons. The highest BCUT2D eigenvalue weighted by Gasteiger charge is 2.58. The molecule has 0 aromatic heterocycles. The number of carbonyl (C=O) groups is 1. The van der Waals surface area contributed by atoms with E-state index in [4.69, 9.17) is 4.74 Å². The Labute approximate surface area is 246 Å². The van der Waals surface area contributed by atoms with Crippen LogP contribution in [-0.4, -0.2) is 17.8 Å². The monoisotopic (exact) mass is 554 g/mol. The van der Waals surface area contributed by atoms with Gasteiger partial charge in [0.25, 0.3) is 0 Å². The van der Waals surface area contributed by atoms with Crippen LogP contribution in [-0.2, 0) is 4.74 Å². The van der Waals surface area contributed by atoms with Gasteiger partial charge in [0, 0.05) is 16.1 Å². The summed E-state index contributed by atoms with van der Waals surface area (Å²) in [6, 6.07) is 20.4. The predicted octanol–water partition coefficient (Wildman–Crippen LogP) is 9.92. The number of thioether (sulfide) groups is 1. The number of hydrogen-bond donors (Lipinski definition) is 0. The van der Waals surface area contributed by atoms with Crippen LogP contribution in [0.2, 0.25) is 0 Å². The van der Waals surface area contributed by atoms with E-state index in [9.17, 15) is 4.79 Å². The van der Waals surface area contributed by atoms with E-state index in [1.54, 1.807) is 16.7 Å². The molecule has 3 heteroatoms. The van der Waals surface area contributed by atoms with Crippen molar-refractivity contribution >= 4 is 17.7 Å². The normalized spacial score (nSPS) is 33.3. The van der Waals surface area contributed by atoms with Crippen LogP contribution in [0.15, 0.2) is 88.4 Å². The number of esters is 1. The molecule has 2 aromatic rings. The van der Waals surface area contributed by atoms with Gasteiger partial charge in [0.1, 0.15) is 6.10 Å². The zero-order chi connectivity index (χ0) is 28.1. The van der Waals surface area contributed by atoms with Gasteiger partial charge in [0.05, 0.1) is 5.56 Å². The van der Waals surface area contributed by atoms with Crippen LogP contribution in [0.1, 0.15) is 89.9 Å². The van der Waals surface area contributed by atoms with Gasteiger partial charge in [-0.3, -0.25) is 0 Å². The second kappa shape index (κ2) is 10.5. The van der Waals surface area contributed by atoms with E-state index in [1.807, 2.05) is 42.1 Å². The molecule has 0 bridgehead atoms. The molecule has 0 saturated heterocycles. The summed E-state index contributed by atoms with van der Waals surface area (Å²) in [4.78, 5) is 14.4. The molecule has 40 heavy (non-hydrogen) atoms. The van der Waals surface area contributed by atoms with Crippen LogP contribution in [0.3, 0.4) is 0 Å². The van der Waals surface area contributed by atoms with E-state index in [2.05, 4.69) is 71.0 Å². The summed E-state index contributed by atoms with van der Waals surface area (Å²) in [7, 11) is 0. The lowest BCUT2D eigenvalue weighted by molar-refractivity contribution is -0.0993. The van der Waals surface area contributed by atoms with Crippen molar-refractivity contribution in [3.05, 3.63) is 89.0 Å². The first kappa shape index (κ1) is 27.9. The Bertz CT molecular complexity index is 1310. The summed E-state index contributed by atoms with van der Waals surface area (Å²) in [6.07, 6.45) is 10.8. The molecule has 2 aromatic carbocycles. The lowest BCUT2D eigenvalue weighted by Gasteiger charge is -2.59. The topological polar surface area (TPSA) is 26.3 Å². The van der Waals surface area contributed by atoms with Gasteiger partial charge in [-0.1, -0.05) is 82.7 Å². The molecular formula is C37H46O2S. The standard InChI is InChI=1S/C37H46O2S/c1-25(24-40-27-14-10-7-11-15-27)29-17-18-30-28-16-19-32-35(2,3)33(39-34(38)26-12-8-6-9-13-26)21-23-37(32,5)31(28)20-22-36(29,30)4/h6-15,18,25,29,32-33H,16-17,19-24H2,1-5H3/t25?,29-,32?,33?,36-,37-/m1/s1. The summed E-state index contributed by atoms with van der Waals surface area (Å²) >= 11 is 2.02. The highest BCUT2D eigenvalue weighted by Crippen LogP contribution is 2.67. The average Bonchev–Trinajstić information content (AvgIpc) is 3.31. The van der Waals surface area contributed by atoms with E-state index in [0.717, 1.165) is 18.8 Å². The Morgan fingerprint density at radius 2 is 1.62 bits per heavy atom. The Morgan fingerprint density at radius 3 is 2.35 bits per heavy atom. The largest absolute Gasteiger partial charge is 0.458 e. The molecule has 4 aliphatic carbocycles. The van der Waals surface area contributed by atoms with Gasteiger partial charge < -0.3 is 4.74 Å². The number of benzene rings is 2. The van der Waals surface area contributed by atoms with Crippen LogP contribution in [0, 0.1) is 34.0 Å². The summed E-state index contributed by atoms with van der Waals surface area (Å²) < 4.78 is 6.24. The van der Waals surface area contributed by atoms with Crippen LogP contribution in [0.25, 0.3) is 0 Å². The van der Waals surface area contributed by atoms with Gasteiger partial charge in [-0.05, 0) is 109 Å². The van der Waals surface area contributed by atoms with Gasteiger partial charge in [0.15, 0.2) is 0 Å². The number of allylic oxidation sites excluding steroid dienone is 4. The minimum atomic E-state index is -0.173. The molecule has 0 heterocycles. The molecule has 0 radical (unpaired) electrons. The number of carbonyl (C=O) groups excluding carboxylic acids is 1. The minimum absolute atomic E-state index is 0.0349. The first-order chi connectivity index (χ1) is 19.1. The summed E-state index contributed by atoms with van der Waals surface area (Å²) in [5.41, 5.74) is 6.27. The van der Waals surface area contributed by atoms with E-state index >= 15 is 0 Å². The average molecular weight is 555 g/mol. The van der Waals surface area contributed by atoms with Crippen molar-refractivity contribution in [3.63, 3.8) is 0 Å². The third kappa shape index (κ3) is 4.61. The maximum Gasteiger partial charge on any atom is 0.338 e. The highest BCUT2D eigenvalue weighted by molar-refractivity contribution is 7.99. The second-order valence-corrected chi connectivity index (χ2v) is 15.2.